The molecule has 2 amide bonds. The number of furan rings is 1. The van der Waals surface area contributed by atoms with Gasteiger partial charge in [-0.15, -0.1) is 0 Å². The molecule has 0 radical (unpaired) electrons. The Balaban J connectivity index is 1.57. The van der Waals surface area contributed by atoms with Crippen LogP contribution in [0.25, 0.3) is 6.08 Å². The maximum Gasteiger partial charge on any atom is 0.267 e. The number of hydrogen-bond donors (Lipinski definition) is 2. The molecule has 166 valence electrons. The highest BCUT2D eigenvalue weighted by Gasteiger charge is 2.15. The van der Waals surface area contributed by atoms with E-state index in [1.807, 2.05) is 24.3 Å². The number of carbonyl (C=O) groups excluding carboxylic acids is 2. The Morgan fingerprint density at radius 2 is 1.88 bits per heavy atom. The number of thioether (sulfide) groups is 1. The summed E-state index contributed by atoms with van der Waals surface area (Å²) in [6.45, 7) is 0.432. The van der Waals surface area contributed by atoms with Gasteiger partial charge in [0.2, 0.25) is 0 Å². The monoisotopic (exact) mass is 470 g/mol. The van der Waals surface area contributed by atoms with Gasteiger partial charge in [-0.25, -0.2) is 0 Å². The molecule has 2 aromatic carbocycles. The summed E-state index contributed by atoms with van der Waals surface area (Å²) in [6.07, 6.45) is 2.99. The normalized spacial score (nSPS) is 11.1. The van der Waals surface area contributed by atoms with Crippen LogP contribution in [0.3, 0.4) is 0 Å². The highest BCUT2D eigenvalue weighted by atomic mass is 35.5. The van der Waals surface area contributed by atoms with E-state index in [4.69, 9.17) is 20.8 Å². The molecule has 1 heterocycles. The van der Waals surface area contributed by atoms with E-state index in [2.05, 4.69) is 10.6 Å². The van der Waals surface area contributed by atoms with E-state index in [0.717, 1.165) is 16.3 Å². The highest BCUT2D eigenvalue weighted by Crippen LogP contribution is 2.20. The minimum absolute atomic E-state index is 0.0943. The molecule has 0 bridgehead atoms. The molecular formula is C24H23ClN2O4S. The molecular weight excluding hydrogens is 448 g/mol. The summed E-state index contributed by atoms with van der Waals surface area (Å²) in [5.74, 6) is 1.73. The number of halogens is 1. The minimum Gasteiger partial charge on any atom is -0.497 e. The molecule has 2 N–H and O–H groups in total. The lowest BCUT2D eigenvalue weighted by molar-refractivity contribution is -0.117. The van der Waals surface area contributed by atoms with Crippen LogP contribution in [-0.2, 0) is 10.5 Å². The standard InChI is InChI=1S/C24H23ClN2O4S/c1-30-19-10-8-17(9-11-19)23(28)27-22(15-20-6-4-13-31-20)24(29)26-12-14-32-16-18-5-2-3-7-21(18)25/h2-11,13,15H,12,14,16H2,1H3,(H,26,29)(H,27,28)/b22-15-. The first kappa shape index (κ1) is 23.5. The van der Waals surface area contributed by atoms with Gasteiger partial charge in [0.15, 0.2) is 0 Å². The van der Waals surface area contributed by atoms with Crippen molar-refractivity contribution in [3.63, 3.8) is 0 Å². The Kier molecular flexibility index (Phi) is 8.83. The van der Waals surface area contributed by atoms with Crippen molar-refractivity contribution >= 4 is 41.3 Å². The maximum atomic E-state index is 12.7. The third kappa shape index (κ3) is 6.93. The van der Waals surface area contributed by atoms with E-state index < -0.39 is 11.8 Å². The van der Waals surface area contributed by atoms with Crippen molar-refractivity contribution in [2.24, 2.45) is 0 Å². The van der Waals surface area contributed by atoms with E-state index in [0.29, 0.717) is 29.4 Å². The van der Waals surface area contributed by atoms with Crippen molar-refractivity contribution in [3.05, 3.63) is 94.5 Å². The maximum absolute atomic E-state index is 12.7. The molecule has 0 fully saturated rings. The molecule has 6 nitrogen and oxygen atoms in total. The van der Waals surface area contributed by atoms with Crippen LogP contribution in [0.4, 0.5) is 0 Å². The molecule has 1 aromatic heterocycles. The van der Waals surface area contributed by atoms with E-state index in [-0.39, 0.29) is 5.70 Å². The van der Waals surface area contributed by atoms with Crippen LogP contribution in [0.5, 0.6) is 5.75 Å². The topological polar surface area (TPSA) is 80.6 Å². The molecule has 0 aliphatic heterocycles. The minimum atomic E-state index is -0.409. The molecule has 0 aliphatic carbocycles. The Morgan fingerprint density at radius 3 is 2.56 bits per heavy atom. The van der Waals surface area contributed by atoms with Crippen molar-refractivity contribution in [2.75, 3.05) is 19.4 Å². The van der Waals surface area contributed by atoms with Crippen molar-refractivity contribution in [1.29, 1.82) is 0 Å². The van der Waals surface area contributed by atoms with Gasteiger partial charge >= 0.3 is 0 Å². The number of nitrogens with one attached hydrogen (secondary N) is 2. The first-order valence-corrected chi connectivity index (χ1v) is 11.4. The number of hydrogen-bond acceptors (Lipinski definition) is 5. The lowest BCUT2D eigenvalue weighted by Gasteiger charge is -2.11. The molecule has 0 spiro atoms. The Labute approximate surface area is 196 Å². The van der Waals surface area contributed by atoms with Crippen LogP contribution in [0, 0.1) is 0 Å². The van der Waals surface area contributed by atoms with Crippen LogP contribution in [0.15, 0.2) is 77.0 Å². The predicted octanol–water partition coefficient (Wildman–Crippen LogP) is 4.76. The smallest absolute Gasteiger partial charge is 0.267 e. The lowest BCUT2D eigenvalue weighted by Crippen LogP contribution is -2.35. The third-order valence-electron chi connectivity index (χ3n) is 4.42. The molecule has 0 unspecified atom stereocenters. The molecule has 0 atom stereocenters. The molecule has 0 saturated heterocycles. The summed E-state index contributed by atoms with van der Waals surface area (Å²) in [5.41, 5.74) is 1.55. The molecule has 8 heteroatoms. The van der Waals surface area contributed by atoms with Crippen molar-refractivity contribution < 1.29 is 18.7 Å². The second-order valence-corrected chi connectivity index (χ2v) is 8.17. The zero-order chi connectivity index (χ0) is 22.8. The van der Waals surface area contributed by atoms with Gasteiger partial charge in [-0.3, -0.25) is 9.59 Å². The zero-order valence-corrected chi connectivity index (χ0v) is 19.0. The van der Waals surface area contributed by atoms with E-state index in [1.165, 1.54) is 12.3 Å². The van der Waals surface area contributed by atoms with Gasteiger partial charge in [0.05, 0.1) is 13.4 Å². The van der Waals surface area contributed by atoms with Gasteiger partial charge in [0.25, 0.3) is 11.8 Å². The number of amides is 2. The molecule has 3 aromatic rings. The van der Waals surface area contributed by atoms with E-state index in [1.54, 1.807) is 55.3 Å². The molecule has 0 aliphatic rings. The Bertz CT molecular complexity index is 1070. The fourth-order valence-corrected chi connectivity index (χ4v) is 3.88. The van der Waals surface area contributed by atoms with Gasteiger partial charge in [-0.05, 0) is 48.0 Å². The molecule has 0 saturated carbocycles. The molecule has 3 rings (SSSR count). The van der Waals surface area contributed by atoms with Gasteiger partial charge in [0.1, 0.15) is 17.2 Å². The van der Waals surface area contributed by atoms with Crippen LogP contribution in [0.2, 0.25) is 5.02 Å². The van der Waals surface area contributed by atoms with E-state index >= 15 is 0 Å². The summed E-state index contributed by atoms with van der Waals surface area (Å²) >= 11 is 7.82. The fraction of sp³-hybridized carbons (Fsp3) is 0.167. The van der Waals surface area contributed by atoms with E-state index in [9.17, 15) is 9.59 Å². The van der Waals surface area contributed by atoms with Crippen LogP contribution in [0.1, 0.15) is 21.7 Å². The number of carbonyl (C=O) groups is 2. The van der Waals surface area contributed by atoms with Crippen molar-refractivity contribution in [2.45, 2.75) is 5.75 Å². The quantitative estimate of drug-likeness (QED) is 0.330. The van der Waals surface area contributed by atoms with Crippen molar-refractivity contribution in [3.8, 4) is 5.75 Å². The zero-order valence-electron chi connectivity index (χ0n) is 17.5. The first-order valence-electron chi connectivity index (χ1n) is 9.87. The number of rotatable bonds is 10. The van der Waals surface area contributed by atoms with Gasteiger partial charge in [0, 0.05) is 34.7 Å². The number of methoxy groups -OCH3 is 1. The second-order valence-electron chi connectivity index (χ2n) is 6.66. The fourth-order valence-electron chi connectivity index (χ4n) is 2.74. The lowest BCUT2D eigenvalue weighted by atomic mass is 10.2. The van der Waals surface area contributed by atoms with Crippen LogP contribution < -0.4 is 15.4 Å². The summed E-state index contributed by atoms with van der Waals surface area (Å²) < 4.78 is 10.4. The van der Waals surface area contributed by atoms with Gasteiger partial charge in [-0.2, -0.15) is 11.8 Å². The Morgan fingerprint density at radius 1 is 1.09 bits per heavy atom. The predicted molar refractivity (Wildman–Crippen MR) is 128 cm³/mol. The van der Waals surface area contributed by atoms with Crippen molar-refractivity contribution in [1.82, 2.24) is 10.6 Å². The number of benzene rings is 2. The Hall–Kier alpha value is -3.16. The summed E-state index contributed by atoms with van der Waals surface area (Å²) in [6, 6.07) is 17.7. The molecule has 32 heavy (non-hydrogen) atoms. The average molecular weight is 471 g/mol. The van der Waals surface area contributed by atoms with Gasteiger partial charge in [-0.1, -0.05) is 29.8 Å². The number of ether oxygens (including phenoxy) is 1. The highest BCUT2D eigenvalue weighted by molar-refractivity contribution is 7.98. The average Bonchev–Trinajstić information content (AvgIpc) is 3.32. The summed E-state index contributed by atoms with van der Waals surface area (Å²) in [7, 11) is 1.55. The SMILES string of the molecule is COc1ccc(C(=O)N/C(=C\c2ccco2)C(=O)NCCSCc2ccccc2Cl)cc1. The van der Waals surface area contributed by atoms with Crippen LogP contribution >= 0.6 is 23.4 Å². The second kappa shape index (κ2) is 12.0. The largest absolute Gasteiger partial charge is 0.497 e. The van der Waals surface area contributed by atoms with Gasteiger partial charge < -0.3 is 19.8 Å². The summed E-state index contributed by atoms with van der Waals surface area (Å²) in [5, 5.41) is 6.23. The van der Waals surface area contributed by atoms with Crippen LogP contribution in [-0.4, -0.2) is 31.2 Å². The summed E-state index contributed by atoms with van der Waals surface area (Å²) in [4.78, 5) is 25.4. The third-order valence-corrected chi connectivity index (χ3v) is 5.80. The first-order chi connectivity index (χ1) is 15.6.